The third-order valence-electron chi connectivity index (χ3n) is 6.12. The Hall–Kier alpha value is -4.29. The minimum absolute atomic E-state index is 0.0995. The average molecular weight is 498 g/mol. The highest BCUT2D eigenvalue weighted by atomic mass is 35.5. The molecule has 7 heteroatoms. The zero-order chi connectivity index (χ0) is 25.2. The van der Waals surface area contributed by atoms with Crippen LogP contribution in [0.25, 0.3) is 11.8 Å². The van der Waals surface area contributed by atoms with Gasteiger partial charge >= 0.3 is 0 Å². The lowest BCUT2D eigenvalue weighted by Crippen LogP contribution is -2.35. The Morgan fingerprint density at radius 1 is 0.889 bits per heavy atom. The number of anilines is 1. The van der Waals surface area contributed by atoms with Crippen molar-refractivity contribution in [2.75, 3.05) is 5.01 Å². The van der Waals surface area contributed by atoms with Crippen molar-refractivity contribution in [3.8, 4) is 11.4 Å². The number of amides is 2. The van der Waals surface area contributed by atoms with Crippen molar-refractivity contribution in [2.45, 2.75) is 20.5 Å². The first kappa shape index (κ1) is 23.5. The van der Waals surface area contributed by atoms with Crippen LogP contribution in [0.4, 0.5) is 5.69 Å². The van der Waals surface area contributed by atoms with Gasteiger partial charge in [-0.15, -0.1) is 0 Å². The molecule has 3 aromatic carbocycles. The molecule has 4 aromatic rings. The van der Waals surface area contributed by atoms with Gasteiger partial charge in [0.25, 0.3) is 11.8 Å². The van der Waals surface area contributed by atoms with Crippen molar-refractivity contribution >= 4 is 35.2 Å². The van der Waals surface area contributed by atoms with E-state index in [1.54, 1.807) is 18.2 Å². The molecular formula is C29H24ClN3O3. The number of aryl methyl sites for hydroxylation is 1. The monoisotopic (exact) mass is 497 g/mol. The lowest BCUT2D eigenvalue weighted by atomic mass is 10.1. The summed E-state index contributed by atoms with van der Waals surface area (Å²) >= 11 is 6.21. The van der Waals surface area contributed by atoms with Gasteiger partial charge in [0, 0.05) is 27.7 Å². The van der Waals surface area contributed by atoms with Crippen molar-refractivity contribution in [3.05, 3.63) is 118 Å². The molecule has 2 heterocycles. The topological polar surface area (TPSA) is 63.6 Å². The van der Waals surface area contributed by atoms with Gasteiger partial charge in [0.15, 0.2) is 0 Å². The molecule has 36 heavy (non-hydrogen) atoms. The maximum Gasteiger partial charge on any atom is 0.282 e. The lowest BCUT2D eigenvalue weighted by Gasteiger charge is -2.13. The summed E-state index contributed by atoms with van der Waals surface area (Å²) in [6, 6.07) is 26.4. The summed E-state index contributed by atoms with van der Waals surface area (Å²) in [7, 11) is 0. The number of rotatable bonds is 6. The molecule has 0 bridgehead atoms. The van der Waals surface area contributed by atoms with E-state index in [0.29, 0.717) is 17.3 Å². The summed E-state index contributed by atoms with van der Waals surface area (Å²) in [4.78, 5) is 25.6. The maximum absolute atomic E-state index is 13.0. The number of nitrogens with one attached hydrogen (secondary N) is 1. The highest BCUT2D eigenvalue weighted by Crippen LogP contribution is 2.27. The number of hydrogen-bond donors (Lipinski definition) is 1. The minimum atomic E-state index is -0.423. The Bertz CT molecular complexity index is 1470. The van der Waals surface area contributed by atoms with E-state index in [2.05, 4.69) is 9.99 Å². The van der Waals surface area contributed by atoms with Crippen LogP contribution in [0.3, 0.4) is 0 Å². The summed E-state index contributed by atoms with van der Waals surface area (Å²) in [5.74, 6) is -0.0672. The Morgan fingerprint density at radius 3 is 2.31 bits per heavy atom. The Kier molecular flexibility index (Phi) is 6.36. The molecule has 180 valence electrons. The number of carbonyl (C=O) groups excluding carboxylic acids is 2. The molecule has 5 rings (SSSR count). The van der Waals surface area contributed by atoms with Crippen LogP contribution >= 0.6 is 11.6 Å². The second kappa shape index (κ2) is 9.76. The van der Waals surface area contributed by atoms with E-state index in [1.165, 1.54) is 5.01 Å². The summed E-state index contributed by atoms with van der Waals surface area (Å²) < 4.78 is 7.98. The zero-order valence-electron chi connectivity index (χ0n) is 19.9. The number of hydrazine groups is 1. The van der Waals surface area contributed by atoms with E-state index in [-0.39, 0.29) is 11.5 Å². The molecule has 1 fully saturated rings. The molecule has 1 N–H and O–H groups in total. The van der Waals surface area contributed by atoms with Crippen LogP contribution in [0.15, 0.2) is 90.5 Å². The molecule has 0 radical (unpaired) electrons. The number of halogens is 1. The van der Waals surface area contributed by atoms with Crippen LogP contribution in [0.1, 0.15) is 22.5 Å². The smallest absolute Gasteiger partial charge is 0.282 e. The fourth-order valence-corrected chi connectivity index (χ4v) is 4.46. The van der Waals surface area contributed by atoms with E-state index >= 15 is 0 Å². The quantitative estimate of drug-likeness (QED) is 0.271. The number of benzene rings is 3. The molecule has 1 saturated heterocycles. The molecule has 1 aromatic heterocycles. The second-order valence-electron chi connectivity index (χ2n) is 8.51. The Balaban J connectivity index is 1.36. The van der Waals surface area contributed by atoms with Gasteiger partial charge in [-0.1, -0.05) is 48.0 Å². The zero-order valence-corrected chi connectivity index (χ0v) is 20.6. The van der Waals surface area contributed by atoms with Crippen molar-refractivity contribution in [2.24, 2.45) is 0 Å². The first-order valence-corrected chi connectivity index (χ1v) is 11.9. The standard InChI is InChI=1S/C29H24ClN3O3/c1-19-16-22(17-26-28(34)31-33(29(26)35)24-9-4-3-5-10-24)20(2)32(19)23-12-14-25(15-13-23)36-18-21-8-6-7-11-27(21)30/h3-17H,18H2,1-2H3,(H,31,34). The van der Waals surface area contributed by atoms with Crippen molar-refractivity contribution in [3.63, 3.8) is 0 Å². The molecule has 0 saturated carbocycles. The van der Waals surface area contributed by atoms with Crippen LogP contribution in [-0.2, 0) is 16.2 Å². The SMILES string of the molecule is Cc1cc(C=C2C(=O)NN(c3ccccc3)C2=O)c(C)n1-c1ccc(OCc2ccccc2Cl)cc1. The fourth-order valence-electron chi connectivity index (χ4n) is 4.27. The van der Waals surface area contributed by atoms with Gasteiger partial charge < -0.3 is 9.30 Å². The highest BCUT2D eigenvalue weighted by molar-refractivity contribution is 6.32. The Labute approximate surface area is 214 Å². The summed E-state index contributed by atoms with van der Waals surface area (Å²) in [6.45, 7) is 4.34. The van der Waals surface area contributed by atoms with E-state index in [1.807, 2.05) is 86.6 Å². The molecule has 1 aliphatic rings. The first-order valence-electron chi connectivity index (χ1n) is 11.5. The average Bonchev–Trinajstić information content (AvgIpc) is 3.33. The van der Waals surface area contributed by atoms with Crippen LogP contribution in [-0.4, -0.2) is 16.4 Å². The summed E-state index contributed by atoms with van der Waals surface area (Å²) in [5, 5.41) is 1.95. The van der Waals surface area contributed by atoms with Gasteiger partial charge in [-0.3, -0.25) is 15.0 Å². The minimum Gasteiger partial charge on any atom is -0.489 e. The Morgan fingerprint density at radius 2 is 1.58 bits per heavy atom. The van der Waals surface area contributed by atoms with E-state index in [0.717, 1.165) is 34.0 Å². The third kappa shape index (κ3) is 4.51. The molecule has 6 nitrogen and oxygen atoms in total. The molecule has 1 aliphatic heterocycles. The molecule has 0 atom stereocenters. The van der Waals surface area contributed by atoms with E-state index in [9.17, 15) is 9.59 Å². The van der Waals surface area contributed by atoms with Gasteiger partial charge in [-0.25, -0.2) is 5.01 Å². The number of aromatic nitrogens is 1. The van der Waals surface area contributed by atoms with Gasteiger partial charge in [0.1, 0.15) is 17.9 Å². The number of carbonyl (C=O) groups is 2. The van der Waals surface area contributed by atoms with Gasteiger partial charge in [0.2, 0.25) is 0 Å². The van der Waals surface area contributed by atoms with Crippen molar-refractivity contribution in [1.82, 2.24) is 9.99 Å². The van der Waals surface area contributed by atoms with Gasteiger partial charge in [-0.05, 0) is 74.0 Å². The number of para-hydroxylation sites is 1. The van der Waals surface area contributed by atoms with Gasteiger partial charge in [-0.2, -0.15) is 0 Å². The number of ether oxygens (including phenoxy) is 1. The predicted molar refractivity (Wildman–Crippen MR) is 141 cm³/mol. The normalized spacial score (nSPS) is 14.4. The summed E-state index contributed by atoms with van der Waals surface area (Å²) in [5.41, 5.74) is 7.94. The third-order valence-corrected chi connectivity index (χ3v) is 6.49. The molecule has 2 amide bonds. The molecule has 0 aliphatic carbocycles. The number of nitrogens with zero attached hydrogens (tertiary/aromatic N) is 2. The van der Waals surface area contributed by atoms with Crippen LogP contribution in [0, 0.1) is 13.8 Å². The maximum atomic E-state index is 13.0. The van der Waals surface area contributed by atoms with Crippen LogP contribution in [0.2, 0.25) is 5.02 Å². The highest BCUT2D eigenvalue weighted by Gasteiger charge is 2.34. The van der Waals surface area contributed by atoms with E-state index in [4.69, 9.17) is 16.3 Å². The molecular weight excluding hydrogens is 474 g/mol. The number of hydrogen-bond acceptors (Lipinski definition) is 3. The fraction of sp³-hybridized carbons (Fsp3) is 0.103. The predicted octanol–water partition coefficient (Wildman–Crippen LogP) is 5.79. The molecule has 0 spiro atoms. The first-order chi connectivity index (χ1) is 17.4. The summed E-state index contributed by atoms with van der Waals surface area (Å²) in [6.07, 6.45) is 1.65. The second-order valence-corrected chi connectivity index (χ2v) is 8.92. The van der Waals surface area contributed by atoms with E-state index < -0.39 is 5.91 Å². The van der Waals surface area contributed by atoms with Crippen molar-refractivity contribution < 1.29 is 14.3 Å². The van der Waals surface area contributed by atoms with Crippen LogP contribution < -0.4 is 15.2 Å². The molecule has 0 unspecified atom stereocenters. The van der Waals surface area contributed by atoms with Gasteiger partial charge in [0.05, 0.1) is 5.69 Å². The largest absolute Gasteiger partial charge is 0.489 e. The van der Waals surface area contributed by atoms with Crippen molar-refractivity contribution in [1.29, 1.82) is 0 Å². The van der Waals surface area contributed by atoms with Crippen LogP contribution in [0.5, 0.6) is 5.75 Å². The lowest BCUT2D eigenvalue weighted by molar-refractivity contribution is -0.117.